The van der Waals surface area contributed by atoms with Crippen molar-refractivity contribution in [2.75, 3.05) is 12.4 Å². The zero-order chi connectivity index (χ0) is 21.0. The molecule has 0 unspecified atom stereocenters. The average Bonchev–Trinajstić information content (AvgIpc) is 3.16. The molecule has 7 heteroatoms. The molecule has 0 aliphatic carbocycles. The highest BCUT2D eigenvalue weighted by molar-refractivity contribution is 8.00. The molecular formula is C22H26N4O2S. The van der Waals surface area contributed by atoms with Crippen molar-refractivity contribution in [2.24, 2.45) is 0 Å². The summed E-state index contributed by atoms with van der Waals surface area (Å²) in [4.78, 5) is 17.0. The van der Waals surface area contributed by atoms with Crippen LogP contribution in [0.3, 0.4) is 0 Å². The van der Waals surface area contributed by atoms with Gasteiger partial charge in [-0.05, 0) is 54.3 Å². The first kappa shape index (κ1) is 20.9. The number of carbonyl (C=O) groups is 1. The molecule has 0 fully saturated rings. The van der Waals surface area contributed by atoms with Gasteiger partial charge >= 0.3 is 0 Å². The van der Waals surface area contributed by atoms with Crippen molar-refractivity contribution in [3.8, 4) is 17.1 Å². The molecule has 0 radical (unpaired) electrons. The van der Waals surface area contributed by atoms with Crippen LogP contribution in [-0.4, -0.2) is 33.4 Å². The number of nitrogens with one attached hydrogen (secondary N) is 2. The molecule has 0 aliphatic heterocycles. The molecule has 2 aromatic carbocycles. The fraction of sp³-hybridized carbons (Fsp3) is 0.318. The lowest BCUT2D eigenvalue weighted by Crippen LogP contribution is -2.22. The van der Waals surface area contributed by atoms with Crippen molar-refractivity contribution in [2.45, 2.75) is 43.5 Å². The molecule has 1 heterocycles. The SMILES string of the molecule is COc1ccc(-c2nc(S[C@@H](C)C(=O)Nc3ccc(C(C)(C)C)cc3)n[nH]2)cc1. The number of thioether (sulfide) groups is 1. The summed E-state index contributed by atoms with van der Waals surface area (Å²) in [6, 6.07) is 15.5. The molecule has 1 atom stereocenters. The molecule has 29 heavy (non-hydrogen) atoms. The van der Waals surface area contributed by atoms with E-state index in [1.165, 1.54) is 17.3 Å². The number of nitrogens with zero attached hydrogens (tertiary/aromatic N) is 2. The maximum atomic E-state index is 12.5. The quantitative estimate of drug-likeness (QED) is 0.565. The van der Waals surface area contributed by atoms with Gasteiger partial charge in [0.15, 0.2) is 5.82 Å². The molecule has 2 N–H and O–H groups in total. The van der Waals surface area contributed by atoms with Gasteiger partial charge in [-0.15, -0.1) is 5.10 Å². The van der Waals surface area contributed by atoms with Gasteiger partial charge in [0, 0.05) is 11.3 Å². The first-order valence-electron chi connectivity index (χ1n) is 9.41. The second kappa shape index (κ2) is 8.69. The first-order chi connectivity index (χ1) is 13.8. The van der Waals surface area contributed by atoms with E-state index in [1.807, 2.05) is 55.5 Å². The normalized spacial score (nSPS) is 12.4. The van der Waals surface area contributed by atoms with Crippen molar-refractivity contribution in [1.29, 1.82) is 0 Å². The van der Waals surface area contributed by atoms with Crippen molar-refractivity contribution in [3.63, 3.8) is 0 Å². The standard InChI is InChI=1S/C22H26N4O2S/c1-14(20(27)23-17-10-8-16(9-11-17)22(2,3)4)29-21-24-19(25-26-21)15-6-12-18(28-5)13-7-15/h6-14H,1-5H3,(H,23,27)(H,24,25,26)/t14-/m0/s1. The Hall–Kier alpha value is -2.80. The van der Waals surface area contributed by atoms with Crippen LogP contribution < -0.4 is 10.1 Å². The summed E-state index contributed by atoms with van der Waals surface area (Å²) in [5.41, 5.74) is 2.99. The van der Waals surface area contributed by atoms with Crippen LogP contribution in [0, 0.1) is 0 Å². The van der Waals surface area contributed by atoms with Crippen LogP contribution in [0.25, 0.3) is 11.4 Å². The summed E-state index contributed by atoms with van der Waals surface area (Å²) in [6.07, 6.45) is 0. The molecule has 0 spiro atoms. The average molecular weight is 411 g/mol. The molecule has 1 amide bonds. The van der Waals surface area contributed by atoms with E-state index in [1.54, 1.807) is 7.11 Å². The maximum absolute atomic E-state index is 12.5. The van der Waals surface area contributed by atoms with Gasteiger partial charge in [0.05, 0.1) is 12.4 Å². The van der Waals surface area contributed by atoms with Gasteiger partial charge in [-0.3, -0.25) is 9.89 Å². The van der Waals surface area contributed by atoms with E-state index in [2.05, 4.69) is 41.3 Å². The third-order valence-corrected chi connectivity index (χ3v) is 5.46. The Morgan fingerprint density at radius 2 is 1.76 bits per heavy atom. The number of methoxy groups -OCH3 is 1. The Kier molecular flexibility index (Phi) is 6.27. The Balaban J connectivity index is 1.60. The molecule has 3 rings (SSSR count). The largest absolute Gasteiger partial charge is 0.497 e. The topological polar surface area (TPSA) is 79.9 Å². The Morgan fingerprint density at radius 3 is 2.34 bits per heavy atom. The van der Waals surface area contributed by atoms with E-state index in [9.17, 15) is 4.79 Å². The molecule has 1 aromatic heterocycles. The second-order valence-electron chi connectivity index (χ2n) is 7.77. The summed E-state index contributed by atoms with van der Waals surface area (Å²) in [6.45, 7) is 8.33. The summed E-state index contributed by atoms with van der Waals surface area (Å²) >= 11 is 1.31. The Labute approximate surface area is 175 Å². The number of ether oxygens (including phenoxy) is 1. The number of aromatic amines is 1. The monoisotopic (exact) mass is 410 g/mol. The van der Waals surface area contributed by atoms with Crippen LogP contribution >= 0.6 is 11.8 Å². The summed E-state index contributed by atoms with van der Waals surface area (Å²) < 4.78 is 5.17. The van der Waals surface area contributed by atoms with Crippen molar-refractivity contribution in [1.82, 2.24) is 15.2 Å². The van der Waals surface area contributed by atoms with Crippen molar-refractivity contribution in [3.05, 3.63) is 54.1 Å². The molecule has 0 bridgehead atoms. The second-order valence-corrected chi connectivity index (χ2v) is 9.08. The van der Waals surface area contributed by atoms with Gasteiger partial charge in [-0.25, -0.2) is 4.98 Å². The van der Waals surface area contributed by atoms with Gasteiger partial charge in [0.25, 0.3) is 0 Å². The summed E-state index contributed by atoms with van der Waals surface area (Å²) in [7, 11) is 1.63. The van der Waals surface area contributed by atoms with Crippen LogP contribution in [0.15, 0.2) is 53.7 Å². The van der Waals surface area contributed by atoms with E-state index < -0.39 is 0 Å². The fourth-order valence-electron chi connectivity index (χ4n) is 2.69. The van der Waals surface area contributed by atoms with Crippen LogP contribution in [-0.2, 0) is 10.2 Å². The lowest BCUT2D eigenvalue weighted by molar-refractivity contribution is -0.115. The van der Waals surface area contributed by atoms with E-state index in [4.69, 9.17) is 4.74 Å². The highest BCUT2D eigenvalue weighted by Gasteiger charge is 2.18. The van der Waals surface area contributed by atoms with Crippen LogP contribution in [0.2, 0.25) is 0 Å². The molecular weight excluding hydrogens is 384 g/mol. The minimum absolute atomic E-state index is 0.0822. The van der Waals surface area contributed by atoms with Crippen LogP contribution in [0.5, 0.6) is 5.75 Å². The summed E-state index contributed by atoms with van der Waals surface area (Å²) in [5.74, 6) is 1.35. The minimum Gasteiger partial charge on any atom is -0.497 e. The lowest BCUT2D eigenvalue weighted by atomic mass is 9.87. The highest BCUT2D eigenvalue weighted by Crippen LogP contribution is 2.26. The maximum Gasteiger partial charge on any atom is 0.237 e. The van der Waals surface area contributed by atoms with Crippen molar-refractivity contribution < 1.29 is 9.53 Å². The molecule has 152 valence electrons. The zero-order valence-corrected chi connectivity index (χ0v) is 18.1. The molecule has 6 nitrogen and oxygen atoms in total. The number of hydrogen-bond donors (Lipinski definition) is 2. The van der Waals surface area contributed by atoms with Gasteiger partial charge in [0.2, 0.25) is 11.1 Å². The van der Waals surface area contributed by atoms with E-state index >= 15 is 0 Å². The van der Waals surface area contributed by atoms with Gasteiger partial charge < -0.3 is 10.1 Å². The number of amides is 1. The third kappa shape index (κ3) is 5.38. The molecule has 0 aliphatic rings. The first-order valence-corrected chi connectivity index (χ1v) is 10.3. The number of benzene rings is 2. The number of rotatable bonds is 6. The minimum atomic E-state index is -0.336. The van der Waals surface area contributed by atoms with Crippen LogP contribution in [0.4, 0.5) is 5.69 Å². The molecule has 0 saturated carbocycles. The molecule has 3 aromatic rings. The predicted molar refractivity (Wildman–Crippen MR) is 117 cm³/mol. The van der Waals surface area contributed by atoms with E-state index in [0.717, 1.165) is 17.0 Å². The number of aromatic nitrogens is 3. The number of carbonyl (C=O) groups excluding carboxylic acids is 1. The third-order valence-electron chi connectivity index (χ3n) is 4.50. The lowest BCUT2D eigenvalue weighted by Gasteiger charge is -2.19. The van der Waals surface area contributed by atoms with Gasteiger partial charge in [-0.2, -0.15) is 0 Å². The zero-order valence-electron chi connectivity index (χ0n) is 17.3. The Morgan fingerprint density at radius 1 is 1.10 bits per heavy atom. The van der Waals surface area contributed by atoms with Crippen molar-refractivity contribution >= 4 is 23.4 Å². The van der Waals surface area contributed by atoms with Gasteiger partial charge in [0.1, 0.15) is 5.75 Å². The number of hydrogen-bond acceptors (Lipinski definition) is 5. The van der Waals surface area contributed by atoms with Crippen LogP contribution in [0.1, 0.15) is 33.3 Å². The van der Waals surface area contributed by atoms with Gasteiger partial charge in [-0.1, -0.05) is 44.7 Å². The molecule has 0 saturated heterocycles. The predicted octanol–water partition coefficient (Wildman–Crippen LogP) is 4.90. The number of anilines is 1. The summed E-state index contributed by atoms with van der Waals surface area (Å²) in [5, 5.41) is 10.3. The van der Waals surface area contributed by atoms with E-state index in [0.29, 0.717) is 11.0 Å². The Bertz CT molecular complexity index is 960. The van der Waals surface area contributed by atoms with E-state index in [-0.39, 0.29) is 16.6 Å². The smallest absolute Gasteiger partial charge is 0.237 e. The fourth-order valence-corrected chi connectivity index (χ4v) is 3.41. The highest BCUT2D eigenvalue weighted by atomic mass is 32.2. The number of H-pyrrole nitrogens is 1.